The van der Waals surface area contributed by atoms with Gasteiger partial charge >= 0.3 is 5.97 Å². The summed E-state index contributed by atoms with van der Waals surface area (Å²) in [7, 11) is 1.50. The molecule has 7 heteroatoms. The molecular formula is C16H14ClNO5. The lowest BCUT2D eigenvalue weighted by Crippen LogP contribution is -2.09. The highest BCUT2D eigenvalue weighted by Gasteiger charge is 2.19. The van der Waals surface area contributed by atoms with Gasteiger partial charge in [0, 0.05) is 22.2 Å². The van der Waals surface area contributed by atoms with Crippen LogP contribution in [-0.4, -0.2) is 18.0 Å². The lowest BCUT2D eigenvalue weighted by Gasteiger charge is -2.11. The number of rotatable bonds is 5. The van der Waals surface area contributed by atoms with Crippen LogP contribution < -0.4 is 4.74 Å². The van der Waals surface area contributed by atoms with Gasteiger partial charge in [0.05, 0.1) is 17.6 Å². The first kappa shape index (κ1) is 16.8. The number of methoxy groups -OCH3 is 1. The Morgan fingerprint density at radius 1 is 1.30 bits per heavy atom. The maximum Gasteiger partial charge on any atom is 0.338 e. The van der Waals surface area contributed by atoms with Gasteiger partial charge < -0.3 is 9.47 Å². The number of hydrogen-bond acceptors (Lipinski definition) is 5. The van der Waals surface area contributed by atoms with E-state index in [1.807, 2.05) is 0 Å². The van der Waals surface area contributed by atoms with Crippen LogP contribution in [0, 0.1) is 17.0 Å². The average molecular weight is 336 g/mol. The van der Waals surface area contributed by atoms with E-state index < -0.39 is 10.9 Å². The van der Waals surface area contributed by atoms with Crippen LogP contribution >= 0.6 is 11.6 Å². The molecule has 0 fully saturated rings. The first-order valence-corrected chi connectivity index (χ1v) is 7.05. The second kappa shape index (κ2) is 7.11. The zero-order valence-electron chi connectivity index (χ0n) is 12.5. The Labute approximate surface area is 137 Å². The Kier molecular flexibility index (Phi) is 5.18. The summed E-state index contributed by atoms with van der Waals surface area (Å²) in [5.74, 6) is -0.105. The Balaban J connectivity index is 2.19. The van der Waals surface area contributed by atoms with Gasteiger partial charge in [-0.25, -0.2) is 4.79 Å². The van der Waals surface area contributed by atoms with Crippen LogP contribution in [0.1, 0.15) is 21.5 Å². The van der Waals surface area contributed by atoms with Gasteiger partial charge in [0.15, 0.2) is 0 Å². The minimum atomic E-state index is -0.645. The van der Waals surface area contributed by atoms with Gasteiger partial charge in [-0.2, -0.15) is 0 Å². The molecule has 0 unspecified atom stereocenters. The second-order valence-corrected chi connectivity index (χ2v) is 5.18. The van der Waals surface area contributed by atoms with Crippen molar-refractivity contribution in [3.8, 4) is 5.75 Å². The Hall–Kier alpha value is -2.60. The average Bonchev–Trinajstić information content (AvgIpc) is 2.52. The normalized spacial score (nSPS) is 10.2. The number of ether oxygens (including phenoxy) is 2. The van der Waals surface area contributed by atoms with Crippen LogP contribution in [-0.2, 0) is 11.3 Å². The van der Waals surface area contributed by atoms with Crippen LogP contribution in [0.3, 0.4) is 0 Å². The van der Waals surface area contributed by atoms with Gasteiger partial charge in [0.25, 0.3) is 5.69 Å². The van der Waals surface area contributed by atoms with Crippen LogP contribution in [0.15, 0.2) is 36.4 Å². The van der Waals surface area contributed by atoms with E-state index in [0.717, 1.165) is 0 Å². The number of nitro benzene ring substituents is 1. The molecule has 0 spiro atoms. The molecule has 2 aromatic carbocycles. The van der Waals surface area contributed by atoms with Crippen molar-refractivity contribution in [1.82, 2.24) is 0 Å². The summed E-state index contributed by atoms with van der Waals surface area (Å²) < 4.78 is 10.4. The van der Waals surface area contributed by atoms with E-state index >= 15 is 0 Å². The van der Waals surface area contributed by atoms with Crippen molar-refractivity contribution < 1.29 is 19.2 Å². The zero-order chi connectivity index (χ0) is 17.0. The first-order chi connectivity index (χ1) is 10.9. The molecule has 0 aromatic heterocycles. The summed E-state index contributed by atoms with van der Waals surface area (Å²) >= 11 is 5.92. The number of hydrogen-bond donors (Lipinski definition) is 0. The summed E-state index contributed by atoms with van der Waals surface area (Å²) in [6.45, 7) is 1.46. The van der Waals surface area contributed by atoms with Crippen LogP contribution in [0.5, 0.6) is 5.75 Å². The summed E-state index contributed by atoms with van der Waals surface area (Å²) in [6.07, 6.45) is 0. The fraction of sp³-hybridized carbons (Fsp3) is 0.188. The minimum Gasteiger partial charge on any atom is -0.496 e. The van der Waals surface area contributed by atoms with E-state index in [2.05, 4.69) is 0 Å². The van der Waals surface area contributed by atoms with Gasteiger partial charge in [-0.05, 0) is 31.2 Å². The van der Waals surface area contributed by atoms with E-state index in [4.69, 9.17) is 21.1 Å². The van der Waals surface area contributed by atoms with Crippen molar-refractivity contribution in [3.05, 3.63) is 68.2 Å². The van der Waals surface area contributed by atoms with Gasteiger partial charge in [-0.3, -0.25) is 10.1 Å². The second-order valence-electron chi connectivity index (χ2n) is 4.74. The number of halogens is 1. The molecule has 6 nitrogen and oxygen atoms in total. The SMILES string of the molecule is COc1ccc(Cl)cc1COC(=O)c1cccc([N+](=O)[O-])c1C. The fourth-order valence-electron chi connectivity index (χ4n) is 2.12. The smallest absolute Gasteiger partial charge is 0.338 e. The third kappa shape index (κ3) is 3.78. The van der Waals surface area contributed by atoms with Crippen molar-refractivity contribution in [3.63, 3.8) is 0 Å². The first-order valence-electron chi connectivity index (χ1n) is 6.67. The standard InChI is InChI=1S/C16H14ClNO5/c1-10-13(4-3-5-14(10)18(20)21)16(19)23-9-11-8-12(17)6-7-15(11)22-2/h3-8H,9H2,1-2H3. The lowest BCUT2D eigenvalue weighted by molar-refractivity contribution is -0.385. The molecule has 0 radical (unpaired) electrons. The highest BCUT2D eigenvalue weighted by molar-refractivity contribution is 6.30. The maximum absolute atomic E-state index is 12.2. The maximum atomic E-state index is 12.2. The van der Waals surface area contributed by atoms with Crippen molar-refractivity contribution in [2.45, 2.75) is 13.5 Å². The number of carbonyl (C=O) groups excluding carboxylic acids is 1. The molecule has 0 atom stereocenters. The Morgan fingerprint density at radius 2 is 2.04 bits per heavy atom. The summed E-state index contributed by atoms with van der Waals surface area (Å²) in [5.41, 5.74) is 0.900. The van der Waals surface area contributed by atoms with Crippen molar-refractivity contribution in [2.75, 3.05) is 7.11 Å². The predicted molar refractivity (Wildman–Crippen MR) is 85.0 cm³/mol. The van der Waals surface area contributed by atoms with Crippen LogP contribution in [0.2, 0.25) is 5.02 Å². The Bertz CT molecular complexity index is 760. The Morgan fingerprint density at radius 3 is 2.70 bits per heavy atom. The fourth-order valence-corrected chi connectivity index (χ4v) is 2.32. The summed E-state index contributed by atoms with van der Waals surface area (Å²) in [5, 5.41) is 11.4. The summed E-state index contributed by atoms with van der Waals surface area (Å²) in [6, 6.07) is 9.24. The lowest BCUT2D eigenvalue weighted by atomic mass is 10.1. The summed E-state index contributed by atoms with van der Waals surface area (Å²) in [4.78, 5) is 22.6. The molecule has 0 bridgehead atoms. The number of esters is 1. The topological polar surface area (TPSA) is 78.7 Å². The third-order valence-corrected chi connectivity index (χ3v) is 3.56. The molecule has 0 aliphatic heterocycles. The van der Waals surface area contributed by atoms with E-state index in [9.17, 15) is 14.9 Å². The molecule has 2 aromatic rings. The van der Waals surface area contributed by atoms with E-state index in [1.165, 1.54) is 32.2 Å². The molecule has 0 amide bonds. The van der Waals surface area contributed by atoms with E-state index in [1.54, 1.807) is 18.2 Å². The number of nitrogens with zero attached hydrogens (tertiary/aromatic N) is 1. The van der Waals surface area contributed by atoms with Crippen molar-refractivity contribution >= 4 is 23.3 Å². The number of carbonyl (C=O) groups is 1. The van der Waals surface area contributed by atoms with E-state index in [0.29, 0.717) is 16.3 Å². The van der Waals surface area contributed by atoms with Gasteiger partial charge in [-0.15, -0.1) is 0 Å². The van der Waals surface area contributed by atoms with E-state index in [-0.39, 0.29) is 23.4 Å². The minimum absolute atomic E-state index is 0.0509. The molecule has 2 rings (SSSR count). The van der Waals surface area contributed by atoms with Crippen LogP contribution in [0.4, 0.5) is 5.69 Å². The zero-order valence-corrected chi connectivity index (χ0v) is 13.3. The van der Waals surface area contributed by atoms with Gasteiger partial charge in [0.2, 0.25) is 0 Å². The van der Waals surface area contributed by atoms with Crippen molar-refractivity contribution in [1.29, 1.82) is 0 Å². The highest BCUT2D eigenvalue weighted by Crippen LogP contribution is 2.25. The molecule has 0 aliphatic carbocycles. The largest absolute Gasteiger partial charge is 0.496 e. The molecule has 23 heavy (non-hydrogen) atoms. The molecular weight excluding hydrogens is 322 g/mol. The number of benzene rings is 2. The molecule has 0 saturated carbocycles. The van der Waals surface area contributed by atoms with Crippen molar-refractivity contribution in [2.24, 2.45) is 0 Å². The number of nitro groups is 1. The molecule has 0 saturated heterocycles. The van der Waals surface area contributed by atoms with Gasteiger partial charge in [0.1, 0.15) is 12.4 Å². The molecule has 0 aliphatic rings. The highest BCUT2D eigenvalue weighted by atomic mass is 35.5. The van der Waals surface area contributed by atoms with Gasteiger partial charge in [-0.1, -0.05) is 17.7 Å². The monoisotopic (exact) mass is 335 g/mol. The quantitative estimate of drug-likeness (QED) is 0.470. The van der Waals surface area contributed by atoms with Crippen LogP contribution in [0.25, 0.3) is 0 Å². The molecule has 0 heterocycles. The molecule has 0 N–H and O–H groups in total. The molecule has 120 valence electrons. The predicted octanol–water partition coefficient (Wildman–Crippen LogP) is 3.92. The third-order valence-electron chi connectivity index (χ3n) is 3.32.